The molecule has 0 aliphatic carbocycles. The minimum absolute atomic E-state index is 0. The lowest BCUT2D eigenvalue weighted by molar-refractivity contribution is 0.515. The monoisotopic (exact) mass is 377 g/mol. The zero-order valence-electron chi connectivity index (χ0n) is 15.7. The molecule has 0 bridgehead atoms. The molecule has 1 heterocycles. The standard InChI is InChI=1S/C24H23NO.ClH/c1-17-8-11-20(12-9-17)24-21-14-18(2)10-13-22(21)26-23(24)16-25-15-19-6-4-3-5-7-19;/h3-14,25H,15-16H2,1-2H3;1H. The number of halogens is 1. The average Bonchev–Trinajstić information content (AvgIpc) is 3.01. The van der Waals surface area contributed by atoms with Gasteiger partial charge >= 0.3 is 0 Å². The summed E-state index contributed by atoms with van der Waals surface area (Å²) in [5, 5.41) is 4.71. The van der Waals surface area contributed by atoms with Gasteiger partial charge in [-0.2, -0.15) is 0 Å². The van der Waals surface area contributed by atoms with Gasteiger partial charge in [-0.3, -0.25) is 0 Å². The van der Waals surface area contributed by atoms with Crippen molar-refractivity contribution in [2.75, 3.05) is 0 Å². The molecule has 27 heavy (non-hydrogen) atoms. The lowest BCUT2D eigenvalue weighted by atomic mass is 9.99. The number of furan rings is 1. The maximum Gasteiger partial charge on any atom is 0.135 e. The highest BCUT2D eigenvalue weighted by Crippen LogP contribution is 2.35. The zero-order chi connectivity index (χ0) is 17.9. The van der Waals surface area contributed by atoms with E-state index in [4.69, 9.17) is 4.42 Å². The summed E-state index contributed by atoms with van der Waals surface area (Å²) in [5.41, 5.74) is 7.14. The van der Waals surface area contributed by atoms with Gasteiger partial charge in [0.2, 0.25) is 0 Å². The van der Waals surface area contributed by atoms with Crippen molar-refractivity contribution in [3.63, 3.8) is 0 Å². The maximum atomic E-state index is 6.21. The van der Waals surface area contributed by atoms with Crippen LogP contribution in [-0.4, -0.2) is 0 Å². The lowest BCUT2D eigenvalue weighted by Crippen LogP contribution is -2.12. The van der Waals surface area contributed by atoms with Crippen LogP contribution in [0.1, 0.15) is 22.5 Å². The van der Waals surface area contributed by atoms with E-state index in [9.17, 15) is 0 Å². The van der Waals surface area contributed by atoms with Gasteiger partial charge in [-0.25, -0.2) is 0 Å². The van der Waals surface area contributed by atoms with E-state index in [1.54, 1.807) is 0 Å². The van der Waals surface area contributed by atoms with Gasteiger partial charge < -0.3 is 9.73 Å². The first kappa shape index (κ1) is 19.2. The number of hydrogen-bond donors (Lipinski definition) is 1. The topological polar surface area (TPSA) is 25.2 Å². The molecule has 0 radical (unpaired) electrons. The molecular weight excluding hydrogens is 354 g/mol. The molecule has 0 atom stereocenters. The summed E-state index contributed by atoms with van der Waals surface area (Å²) in [6, 6.07) is 25.5. The minimum atomic E-state index is 0. The van der Waals surface area contributed by atoms with Crippen LogP contribution in [0.25, 0.3) is 22.1 Å². The summed E-state index contributed by atoms with van der Waals surface area (Å²) in [5.74, 6) is 0.991. The summed E-state index contributed by atoms with van der Waals surface area (Å²) in [6.07, 6.45) is 0. The predicted molar refractivity (Wildman–Crippen MR) is 115 cm³/mol. The fraction of sp³-hybridized carbons (Fsp3) is 0.167. The second-order valence-electron chi connectivity index (χ2n) is 6.86. The fourth-order valence-electron chi connectivity index (χ4n) is 3.34. The van der Waals surface area contributed by atoms with Crippen molar-refractivity contribution >= 4 is 23.4 Å². The second kappa shape index (κ2) is 8.43. The minimum Gasteiger partial charge on any atom is -0.459 e. The maximum absolute atomic E-state index is 6.21. The number of aryl methyl sites for hydroxylation is 2. The van der Waals surface area contributed by atoms with Crippen molar-refractivity contribution in [1.82, 2.24) is 5.32 Å². The van der Waals surface area contributed by atoms with E-state index >= 15 is 0 Å². The van der Waals surface area contributed by atoms with Crippen LogP contribution < -0.4 is 5.32 Å². The van der Waals surface area contributed by atoms with Crippen molar-refractivity contribution in [2.24, 2.45) is 0 Å². The molecule has 138 valence electrons. The Kier molecular flexibility index (Phi) is 6.00. The zero-order valence-corrected chi connectivity index (χ0v) is 16.5. The summed E-state index contributed by atoms with van der Waals surface area (Å²) >= 11 is 0. The Hall–Kier alpha value is -2.55. The summed E-state index contributed by atoms with van der Waals surface area (Å²) in [7, 11) is 0. The smallest absolute Gasteiger partial charge is 0.135 e. The van der Waals surface area contributed by atoms with Gasteiger partial charge in [0.1, 0.15) is 11.3 Å². The average molecular weight is 378 g/mol. The first-order valence-corrected chi connectivity index (χ1v) is 9.04. The van der Waals surface area contributed by atoms with Gasteiger partial charge in [0.15, 0.2) is 0 Å². The SMILES string of the molecule is Cc1ccc(-c2c(CNCc3ccccc3)oc3ccc(C)cc23)cc1.Cl. The van der Waals surface area contributed by atoms with Crippen molar-refractivity contribution in [2.45, 2.75) is 26.9 Å². The van der Waals surface area contributed by atoms with E-state index in [1.165, 1.54) is 33.2 Å². The first-order chi connectivity index (χ1) is 12.7. The number of fused-ring (bicyclic) bond motifs is 1. The Labute approximate surface area is 166 Å². The predicted octanol–water partition coefficient (Wildman–Crippen LogP) is 6.43. The number of hydrogen-bond acceptors (Lipinski definition) is 2. The Bertz CT molecular complexity index is 1020. The fourth-order valence-corrected chi connectivity index (χ4v) is 3.34. The van der Waals surface area contributed by atoms with Crippen LogP contribution in [0.15, 0.2) is 77.2 Å². The second-order valence-corrected chi connectivity index (χ2v) is 6.86. The number of rotatable bonds is 5. The highest BCUT2D eigenvalue weighted by Gasteiger charge is 2.16. The molecule has 1 N–H and O–H groups in total. The Morgan fingerprint density at radius 1 is 0.778 bits per heavy atom. The lowest BCUT2D eigenvalue weighted by Gasteiger charge is -2.07. The summed E-state index contributed by atoms with van der Waals surface area (Å²) in [4.78, 5) is 0. The van der Waals surface area contributed by atoms with Crippen LogP contribution in [0.2, 0.25) is 0 Å². The van der Waals surface area contributed by atoms with Crippen LogP contribution in [0.4, 0.5) is 0 Å². The first-order valence-electron chi connectivity index (χ1n) is 9.04. The molecule has 4 aromatic rings. The van der Waals surface area contributed by atoms with E-state index in [1.807, 2.05) is 6.07 Å². The number of benzene rings is 3. The molecule has 3 heteroatoms. The molecule has 2 nitrogen and oxygen atoms in total. The molecule has 0 fully saturated rings. The molecule has 0 saturated heterocycles. The van der Waals surface area contributed by atoms with Crippen LogP contribution in [0.3, 0.4) is 0 Å². The normalized spacial score (nSPS) is 10.7. The summed E-state index contributed by atoms with van der Waals surface area (Å²) in [6.45, 7) is 5.76. The third kappa shape index (κ3) is 4.24. The quantitative estimate of drug-likeness (QED) is 0.433. The van der Waals surface area contributed by atoms with Gasteiger partial charge in [0, 0.05) is 17.5 Å². The van der Waals surface area contributed by atoms with Crippen LogP contribution in [0, 0.1) is 13.8 Å². The Morgan fingerprint density at radius 3 is 2.22 bits per heavy atom. The largest absolute Gasteiger partial charge is 0.459 e. The molecule has 0 amide bonds. The Balaban J connectivity index is 0.00000210. The molecule has 3 aromatic carbocycles. The van der Waals surface area contributed by atoms with Gasteiger partial charge in [0.05, 0.1) is 6.54 Å². The molecule has 0 spiro atoms. The van der Waals surface area contributed by atoms with Crippen molar-refractivity contribution < 1.29 is 4.42 Å². The molecule has 1 aromatic heterocycles. The number of nitrogens with one attached hydrogen (secondary N) is 1. The van der Waals surface area contributed by atoms with Crippen molar-refractivity contribution in [3.05, 3.63) is 95.2 Å². The Morgan fingerprint density at radius 2 is 1.48 bits per heavy atom. The third-order valence-electron chi connectivity index (χ3n) is 4.71. The van der Waals surface area contributed by atoms with E-state index < -0.39 is 0 Å². The van der Waals surface area contributed by atoms with E-state index in [0.29, 0.717) is 6.54 Å². The van der Waals surface area contributed by atoms with Crippen LogP contribution in [0.5, 0.6) is 0 Å². The van der Waals surface area contributed by atoms with E-state index in [2.05, 4.69) is 85.9 Å². The summed E-state index contributed by atoms with van der Waals surface area (Å²) < 4.78 is 6.21. The molecule has 0 unspecified atom stereocenters. The molecular formula is C24H24ClNO. The molecule has 4 rings (SSSR count). The van der Waals surface area contributed by atoms with Gasteiger partial charge in [0.25, 0.3) is 0 Å². The van der Waals surface area contributed by atoms with Gasteiger partial charge in [-0.1, -0.05) is 71.8 Å². The van der Waals surface area contributed by atoms with Crippen molar-refractivity contribution in [3.8, 4) is 11.1 Å². The molecule has 0 saturated carbocycles. The van der Waals surface area contributed by atoms with Gasteiger partial charge in [-0.15, -0.1) is 12.4 Å². The van der Waals surface area contributed by atoms with Gasteiger partial charge in [-0.05, 0) is 37.1 Å². The van der Waals surface area contributed by atoms with Crippen molar-refractivity contribution in [1.29, 1.82) is 0 Å². The third-order valence-corrected chi connectivity index (χ3v) is 4.71. The van der Waals surface area contributed by atoms with E-state index in [0.717, 1.165) is 17.9 Å². The molecule has 0 aliphatic rings. The highest BCUT2D eigenvalue weighted by molar-refractivity contribution is 5.96. The van der Waals surface area contributed by atoms with E-state index in [-0.39, 0.29) is 12.4 Å². The highest BCUT2D eigenvalue weighted by atomic mass is 35.5. The molecule has 0 aliphatic heterocycles. The van der Waals surface area contributed by atoms with Crippen LogP contribution in [-0.2, 0) is 13.1 Å². The van der Waals surface area contributed by atoms with Crippen LogP contribution >= 0.6 is 12.4 Å².